The molecule has 0 aliphatic carbocycles. The van der Waals surface area contributed by atoms with Crippen molar-refractivity contribution in [2.75, 3.05) is 31.4 Å². The summed E-state index contributed by atoms with van der Waals surface area (Å²) in [6.45, 7) is 0.812. The van der Waals surface area contributed by atoms with Crippen LogP contribution in [0.25, 0.3) is 0 Å². The van der Waals surface area contributed by atoms with Crippen LogP contribution in [-0.2, 0) is 6.54 Å². The number of nitrogens with zero attached hydrogens (tertiary/aromatic N) is 2. The van der Waals surface area contributed by atoms with Crippen LogP contribution in [0.2, 0.25) is 0 Å². The highest BCUT2D eigenvalue weighted by Gasteiger charge is 2.04. The van der Waals surface area contributed by atoms with Crippen molar-refractivity contribution >= 4 is 11.4 Å². The molecule has 0 fully saturated rings. The van der Waals surface area contributed by atoms with E-state index < -0.39 is 0 Å². The van der Waals surface area contributed by atoms with Crippen LogP contribution < -0.4 is 15.0 Å². The summed E-state index contributed by atoms with van der Waals surface area (Å²) in [6, 6.07) is 10.2. The normalized spacial score (nSPS) is 10.1. The van der Waals surface area contributed by atoms with Gasteiger partial charge in [0.15, 0.2) is 0 Å². The van der Waals surface area contributed by atoms with Gasteiger partial charge in [-0.2, -0.15) is 0 Å². The molecule has 1 aromatic carbocycles. The standard InChI is InChI=1S/C15H19N3O/c1-16-13-8-14(10-17-9-13)18(2)11-12-5-4-6-15(7-12)19-3/h4-10,16H,11H2,1-3H3. The van der Waals surface area contributed by atoms with Gasteiger partial charge in [0.2, 0.25) is 0 Å². The molecule has 4 nitrogen and oxygen atoms in total. The smallest absolute Gasteiger partial charge is 0.119 e. The molecule has 1 N–H and O–H groups in total. The van der Waals surface area contributed by atoms with E-state index in [0.717, 1.165) is 23.7 Å². The molecular weight excluding hydrogens is 238 g/mol. The second kappa shape index (κ2) is 6.09. The molecule has 0 unspecified atom stereocenters. The van der Waals surface area contributed by atoms with E-state index in [1.165, 1.54) is 5.56 Å². The molecule has 100 valence electrons. The molecule has 2 rings (SSSR count). The summed E-state index contributed by atoms with van der Waals surface area (Å²) in [5.41, 5.74) is 3.29. The van der Waals surface area contributed by atoms with Crippen molar-refractivity contribution < 1.29 is 4.74 Å². The molecule has 0 saturated carbocycles. The van der Waals surface area contributed by atoms with Gasteiger partial charge < -0.3 is 15.0 Å². The number of pyridine rings is 1. The van der Waals surface area contributed by atoms with Gasteiger partial charge in [-0.25, -0.2) is 0 Å². The first-order valence-corrected chi connectivity index (χ1v) is 6.20. The average Bonchev–Trinajstić information content (AvgIpc) is 2.47. The molecule has 0 spiro atoms. The molecular formula is C15H19N3O. The number of hydrogen-bond acceptors (Lipinski definition) is 4. The lowest BCUT2D eigenvalue weighted by Crippen LogP contribution is -2.16. The summed E-state index contributed by atoms with van der Waals surface area (Å²) in [4.78, 5) is 6.38. The number of anilines is 2. The van der Waals surface area contributed by atoms with E-state index in [0.29, 0.717) is 0 Å². The molecule has 0 bridgehead atoms. The Morgan fingerprint density at radius 3 is 2.84 bits per heavy atom. The first-order chi connectivity index (χ1) is 9.22. The molecule has 0 aliphatic heterocycles. The number of aromatic nitrogens is 1. The van der Waals surface area contributed by atoms with Gasteiger partial charge in [0.1, 0.15) is 5.75 Å². The number of methoxy groups -OCH3 is 1. The zero-order valence-electron chi connectivity index (χ0n) is 11.6. The van der Waals surface area contributed by atoms with Gasteiger partial charge in [0.05, 0.1) is 30.9 Å². The highest BCUT2D eigenvalue weighted by Crippen LogP contribution is 2.20. The van der Waals surface area contributed by atoms with Crippen molar-refractivity contribution in [3.8, 4) is 5.75 Å². The fourth-order valence-electron chi connectivity index (χ4n) is 1.91. The van der Waals surface area contributed by atoms with Crippen molar-refractivity contribution in [2.24, 2.45) is 0 Å². The van der Waals surface area contributed by atoms with Crippen molar-refractivity contribution in [1.29, 1.82) is 0 Å². The fraction of sp³-hybridized carbons (Fsp3) is 0.267. The predicted molar refractivity (Wildman–Crippen MR) is 78.9 cm³/mol. The largest absolute Gasteiger partial charge is 0.497 e. The van der Waals surface area contributed by atoms with Crippen molar-refractivity contribution in [3.63, 3.8) is 0 Å². The van der Waals surface area contributed by atoms with E-state index in [4.69, 9.17) is 4.74 Å². The van der Waals surface area contributed by atoms with Gasteiger partial charge in [0, 0.05) is 20.6 Å². The summed E-state index contributed by atoms with van der Waals surface area (Å²) in [5.74, 6) is 0.882. The lowest BCUT2D eigenvalue weighted by Gasteiger charge is -2.20. The van der Waals surface area contributed by atoms with Crippen LogP contribution in [0, 0.1) is 0 Å². The topological polar surface area (TPSA) is 37.4 Å². The first-order valence-electron chi connectivity index (χ1n) is 6.20. The lowest BCUT2D eigenvalue weighted by atomic mass is 10.2. The maximum atomic E-state index is 5.24. The Morgan fingerprint density at radius 2 is 2.11 bits per heavy atom. The third-order valence-corrected chi connectivity index (χ3v) is 3.01. The zero-order chi connectivity index (χ0) is 13.7. The number of benzene rings is 1. The number of rotatable bonds is 5. The third-order valence-electron chi connectivity index (χ3n) is 3.01. The van der Waals surface area contributed by atoms with Gasteiger partial charge in [0.25, 0.3) is 0 Å². The van der Waals surface area contributed by atoms with Crippen LogP contribution >= 0.6 is 0 Å². The van der Waals surface area contributed by atoms with E-state index in [1.807, 2.05) is 37.6 Å². The van der Waals surface area contributed by atoms with Gasteiger partial charge in [-0.15, -0.1) is 0 Å². The molecule has 2 aromatic rings. The third kappa shape index (κ3) is 3.37. The highest BCUT2D eigenvalue weighted by atomic mass is 16.5. The first kappa shape index (κ1) is 13.2. The van der Waals surface area contributed by atoms with Gasteiger partial charge in [-0.05, 0) is 23.8 Å². The molecule has 0 aliphatic rings. The fourth-order valence-corrected chi connectivity index (χ4v) is 1.91. The molecule has 0 atom stereocenters. The Morgan fingerprint density at radius 1 is 1.26 bits per heavy atom. The van der Waals surface area contributed by atoms with Crippen LogP contribution in [0.1, 0.15) is 5.56 Å². The molecule has 4 heteroatoms. The van der Waals surface area contributed by atoms with Crippen molar-refractivity contribution in [1.82, 2.24) is 4.98 Å². The van der Waals surface area contributed by atoms with Gasteiger partial charge >= 0.3 is 0 Å². The average molecular weight is 257 g/mol. The van der Waals surface area contributed by atoms with Crippen molar-refractivity contribution in [3.05, 3.63) is 48.3 Å². The van der Waals surface area contributed by atoms with Crippen LogP contribution in [0.3, 0.4) is 0 Å². The van der Waals surface area contributed by atoms with Crippen LogP contribution in [0.5, 0.6) is 5.75 Å². The summed E-state index contributed by atoms with van der Waals surface area (Å²) in [7, 11) is 5.63. The minimum atomic E-state index is 0.812. The van der Waals surface area contributed by atoms with Gasteiger partial charge in [-0.3, -0.25) is 4.98 Å². The Hall–Kier alpha value is -2.23. The van der Waals surface area contributed by atoms with Crippen LogP contribution in [0.4, 0.5) is 11.4 Å². The summed E-state index contributed by atoms with van der Waals surface area (Å²) >= 11 is 0. The molecule has 0 saturated heterocycles. The second-order valence-corrected chi connectivity index (χ2v) is 4.39. The molecule has 19 heavy (non-hydrogen) atoms. The lowest BCUT2D eigenvalue weighted by molar-refractivity contribution is 0.414. The van der Waals surface area contributed by atoms with Crippen LogP contribution in [-0.4, -0.2) is 26.2 Å². The van der Waals surface area contributed by atoms with E-state index in [-0.39, 0.29) is 0 Å². The minimum absolute atomic E-state index is 0.812. The SMILES string of the molecule is CNc1cncc(N(C)Cc2cccc(OC)c2)c1. The summed E-state index contributed by atoms with van der Waals surface area (Å²) < 4.78 is 5.24. The Kier molecular flexibility index (Phi) is 4.23. The van der Waals surface area contributed by atoms with Gasteiger partial charge in [-0.1, -0.05) is 12.1 Å². The van der Waals surface area contributed by atoms with E-state index >= 15 is 0 Å². The van der Waals surface area contributed by atoms with Crippen molar-refractivity contribution in [2.45, 2.75) is 6.54 Å². The Labute approximate surface area is 114 Å². The summed E-state index contributed by atoms with van der Waals surface area (Å²) in [5, 5.41) is 3.10. The van der Waals surface area contributed by atoms with E-state index in [1.54, 1.807) is 7.11 Å². The Bertz CT molecular complexity index is 542. The second-order valence-electron chi connectivity index (χ2n) is 4.39. The number of ether oxygens (including phenoxy) is 1. The quantitative estimate of drug-likeness (QED) is 0.893. The zero-order valence-corrected chi connectivity index (χ0v) is 11.6. The molecule has 0 radical (unpaired) electrons. The molecule has 0 amide bonds. The predicted octanol–water partition coefficient (Wildman–Crippen LogP) is 2.77. The monoisotopic (exact) mass is 257 g/mol. The van der Waals surface area contributed by atoms with E-state index in [9.17, 15) is 0 Å². The molecule has 1 heterocycles. The molecule has 1 aromatic heterocycles. The summed E-state index contributed by atoms with van der Waals surface area (Å²) in [6.07, 6.45) is 3.67. The number of hydrogen-bond donors (Lipinski definition) is 1. The van der Waals surface area contributed by atoms with Crippen LogP contribution in [0.15, 0.2) is 42.7 Å². The van der Waals surface area contributed by atoms with E-state index in [2.05, 4.69) is 34.4 Å². The maximum absolute atomic E-state index is 5.24. The Balaban J connectivity index is 2.13. The minimum Gasteiger partial charge on any atom is -0.497 e. The maximum Gasteiger partial charge on any atom is 0.119 e. The number of nitrogens with one attached hydrogen (secondary N) is 1. The highest BCUT2D eigenvalue weighted by molar-refractivity contribution is 5.55.